The zero-order chi connectivity index (χ0) is 14.8. The number of halogens is 2. The molecule has 2 nitrogen and oxygen atoms in total. The predicted octanol–water partition coefficient (Wildman–Crippen LogP) is 5.51. The summed E-state index contributed by atoms with van der Waals surface area (Å²) in [5.41, 5.74) is 1.61. The Kier molecular flexibility index (Phi) is 4.44. The number of phenolic OH excluding ortho intramolecular Hbond substituents is 1. The average Bonchev–Trinajstić information content (AvgIpc) is 2.49. The van der Waals surface area contributed by atoms with Crippen LogP contribution in [0.25, 0.3) is 10.8 Å². The van der Waals surface area contributed by atoms with Crippen LogP contribution in [-0.4, -0.2) is 11.3 Å². The summed E-state index contributed by atoms with van der Waals surface area (Å²) in [6, 6.07) is 18.1. The number of benzene rings is 3. The van der Waals surface area contributed by atoms with Crippen LogP contribution in [0.2, 0.25) is 0 Å². The molecule has 0 aromatic heterocycles. The van der Waals surface area contributed by atoms with Gasteiger partial charge in [0.15, 0.2) is 0 Å². The molecule has 0 aliphatic rings. The fourth-order valence-corrected chi connectivity index (χ4v) is 3.98. The number of hydrogen-bond donors (Lipinski definition) is 1. The van der Waals surface area contributed by atoms with Crippen molar-refractivity contribution >= 4 is 67.9 Å². The molecule has 0 amide bonds. The molecule has 0 fully saturated rings. The second kappa shape index (κ2) is 6.31. The Morgan fingerprint density at radius 1 is 0.905 bits per heavy atom. The Morgan fingerprint density at radius 2 is 1.67 bits per heavy atom. The van der Waals surface area contributed by atoms with E-state index in [4.69, 9.17) is 0 Å². The van der Waals surface area contributed by atoms with Crippen LogP contribution in [0.15, 0.2) is 59.6 Å². The monoisotopic (exact) mass is 499 g/mol. The number of hydrogen-bond acceptors (Lipinski definition) is 2. The number of rotatable bonds is 2. The standard InChI is InChI=1S/C17H11I2NO/c18-14-7-13(17(21)16(19)9-14)10-20-15-6-5-11-3-1-2-4-12(11)8-15/h1-10,21H. The lowest BCUT2D eigenvalue weighted by Crippen LogP contribution is -1.87. The molecular formula is C17H11I2NO. The Bertz CT molecular complexity index is 843. The summed E-state index contributed by atoms with van der Waals surface area (Å²) >= 11 is 4.36. The lowest BCUT2D eigenvalue weighted by molar-refractivity contribution is 0.470. The lowest BCUT2D eigenvalue weighted by atomic mass is 10.1. The van der Waals surface area contributed by atoms with Gasteiger partial charge in [-0.1, -0.05) is 30.3 Å². The van der Waals surface area contributed by atoms with E-state index in [0.717, 1.165) is 23.8 Å². The van der Waals surface area contributed by atoms with E-state index in [9.17, 15) is 5.11 Å². The summed E-state index contributed by atoms with van der Waals surface area (Å²) in [4.78, 5) is 4.48. The molecule has 3 rings (SSSR count). The number of phenols is 1. The first-order valence-electron chi connectivity index (χ1n) is 6.34. The van der Waals surface area contributed by atoms with Gasteiger partial charge in [0.25, 0.3) is 0 Å². The molecule has 3 aromatic carbocycles. The molecule has 0 aliphatic carbocycles. The van der Waals surface area contributed by atoms with Crippen LogP contribution in [0.5, 0.6) is 5.75 Å². The van der Waals surface area contributed by atoms with Crippen molar-refractivity contribution in [1.82, 2.24) is 0 Å². The number of aromatic hydroxyl groups is 1. The Labute approximate surface area is 150 Å². The van der Waals surface area contributed by atoms with Gasteiger partial charge in [0.05, 0.1) is 9.26 Å². The smallest absolute Gasteiger partial charge is 0.137 e. The first-order valence-corrected chi connectivity index (χ1v) is 8.50. The topological polar surface area (TPSA) is 32.6 Å². The van der Waals surface area contributed by atoms with Gasteiger partial charge in [-0.15, -0.1) is 0 Å². The van der Waals surface area contributed by atoms with Gasteiger partial charge in [-0.05, 0) is 80.2 Å². The van der Waals surface area contributed by atoms with Crippen molar-refractivity contribution in [3.8, 4) is 5.75 Å². The van der Waals surface area contributed by atoms with E-state index >= 15 is 0 Å². The highest BCUT2D eigenvalue weighted by Gasteiger charge is 2.05. The number of aliphatic imine (C=N–C) groups is 1. The van der Waals surface area contributed by atoms with Crippen molar-refractivity contribution in [2.45, 2.75) is 0 Å². The van der Waals surface area contributed by atoms with Gasteiger partial charge in [-0.2, -0.15) is 0 Å². The summed E-state index contributed by atoms with van der Waals surface area (Å²) in [6.07, 6.45) is 1.71. The van der Waals surface area contributed by atoms with Crippen LogP contribution >= 0.6 is 45.2 Å². The van der Waals surface area contributed by atoms with Crippen molar-refractivity contribution in [2.75, 3.05) is 0 Å². The molecule has 0 bridgehead atoms. The van der Waals surface area contributed by atoms with E-state index < -0.39 is 0 Å². The minimum absolute atomic E-state index is 0.278. The van der Waals surface area contributed by atoms with Crippen LogP contribution < -0.4 is 0 Å². The fourth-order valence-electron chi connectivity index (χ4n) is 2.09. The molecule has 0 radical (unpaired) electrons. The minimum Gasteiger partial charge on any atom is -0.506 e. The van der Waals surface area contributed by atoms with Crippen LogP contribution in [0.3, 0.4) is 0 Å². The molecule has 104 valence electrons. The molecule has 1 N–H and O–H groups in total. The molecule has 0 unspecified atom stereocenters. The lowest BCUT2D eigenvalue weighted by Gasteiger charge is -2.03. The molecule has 21 heavy (non-hydrogen) atoms. The highest BCUT2D eigenvalue weighted by Crippen LogP contribution is 2.27. The van der Waals surface area contributed by atoms with E-state index in [2.05, 4.69) is 68.4 Å². The third-order valence-electron chi connectivity index (χ3n) is 3.14. The average molecular weight is 499 g/mol. The fraction of sp³-hybridized carbons (Fsp3) is 0. The van der Waals surface area contributed by atoms with Crippen LogP contribution in [0.4, 0.5) is 5.69 Å². The summed E-state index contributed by atoms with van der Waals surface area (Å²) in [6.45, 7) is 0. The zero-order valence-electron chi connectivity index (χ0n) is 10.9. The molecular weight excluding hydrogens is 488 g/mol. The van der Waals surface area contributed by atoms with Crippen LogP contribution in [0, 0.1) is 7.14 Å². The molecule has 4 heteroatoms. The van der Waals surface area contributed by atoms with Gasteiger partial charge in [0.1, 0.15) is 5.75 Å². The summed E-state index contributed by atoms with van der Waals surface area (Å²) in [5, 5.41) is 12.4. The molecule has 3 aromatic rings. The van der Waals surface area contributed by atoms with Crippen LogP contribution in [-0.2, 0) is 0 Å². The highest BCUT2D eigenvalue weighted by molar-refractivity contribution is 14.1. The van der Waals surface area contributed by atoms with Gasteiger partial charge in [0.2, 0.25) is 0 Å². The summed E-state index contributed by atoms with van der Waals surface area (Å²) in [7, 11) is 0. The predicted molar refractivity (Wildman–Crippen MR) is 105 cm³/mol. The normalized spacial score (nSPS) is 11.3. The molecule has 0 heterocycles. The molecule has 0 saturated heterocycles. The highest BCUT2D eigenvalue weighted by atomic mass is 127. The van der Waals surface area contributed by atoms with Crippen molar-refractivity contribution in [3.05, 3.63) is 67.3 Å². The third-order valence-corrected chi connectivity index (χ3v) is 4.59. The van der Waals surface area contributed by atoms with E-state index in [1.165, 1.54) is 5.39 Å². The SMILES string of the molecule is Oc1c(I)cc(I)cc1C=Nc1ccc2ccccc2c1. The maximum atomic E-state index is 10.1. The van der Waals surface area contributed by atoms with Gasteiger partial charge < -0.3 is 5.11 Å². The van der Waals surface area contributed by atoms with Gasteiger partial charge in [-0.25, -0.2) is 0 Å². The van der Waals surface area contributed by atoms with E-state index in [0.29, 0.717) is 0 Å². The van der Waals surface area contributed by atoms with Crippen molar-refractivity contribution < 1.29 is 5.11 Å². The Morgan fingerprint density at radius 3 is 2.48 bits per heavy atom. The maximum Gasteiger partial charge on any atom is 0.137 e. The van der Waals surface area contributed by atoms with Gasteiger partial charge in [-0.3, -0.25) is 4.99 Å². The van der Waals surface area contributed by atoms with Crippen molar-refractivity contribution in [1.29, 1.82) is 0 Å². The first kappa shape index (κ1) is 14.8. The van der Waals surface area contributed by atoms with Crippen molar-refractivity contribution in [3.63, 3.8) is 0 Å². The molecule has 0 spiro atoms. The molecule has 0 atom stereocenters. The van der Waals surface area contributed by atoms with E-state index in [-0.39, 0.29) is 5.75 Å². The second-order valence-electron chi connectivity index (χ2n) is 4.62. The Hall–Kier alpha value is -1.15. The second-order valence-corrected chi connectivity index (χ2v) is 7.02. The van der Waals surface area contributed by atoms with E-state index in [1.54, 1.807) is 6.21 Å². The van der Waals surface area contributed by atoms with E-state index in [1.807, 2.05) is 36.4 Å². The Balaban J connectivity index is 1.98. The summed E-state index contributed by atoms with van der Waals surface area (Å²) in [5.74, 6) is 0.278. The molecule has 0 saturated carbocycles. The quantitative estimate of drug-likeness (QED) is 0.367. The maximum absolute atomic E-state index is 10.1. The number of fused-ring (bicyclic) bond motifs is 1. The minimum atomic E-state index is 0.278. The first-order chi connectivity index (χ1) is 10.1. The molecule has 0 aliphatic heterocycles. The largest absolute Gasteiger partial charge is 0.506 e. The summed E-state index contributed by atoms with van der Waals surface area (Å²) < 4.78 is 1.91. The third kappa shape index (κ3) is 3.37. The van der Waals surface area contributed by atoms with Crippen LogP contribution in [0.1, 0.15) is 5.56 Å². The van der Waals surface area contributed by atoms with Gasteiger partial charge >= 0.3 is 0 Å². The number of nitrogens with zero attached hydrogens (tertiary/aromatic N) is 1. The van der Waals surface area contributed by atoms with Crippen molar-refractivity contribution in [2.24, 2.45) is 4.99 Å². The zero-order valence-corrected chi connectivity index (χ0v) is 15.2. The van der Waals surface area contributed by atoms with Gasteiger partial charge in [0, 0.05) is 15.3 Å².